The van der Waals surface area contributed by atoms with Crippen molar-refractivity contribution in [3.05, 3.63) is 21.6 Å². The first-order chi connectivity index (χ1) is 8.27. The lowest BCUT2D eigenvalue weighted by atomic mass is 10.3. The van der Waals surface area contributed by atoms with Crippen molar-refractivity contribution in [3.63, 3.8) is 0 Å². The van der Waals surface area contributed by atoms with Gasteiger partial charge in [0.2, 0.25) is 10.0 Å². The van der Waals surface area contributed by atoms with Gasteiger partial charge in [-0.25, -0.2) is 13.1 Å². The van der Waals surface area contributed by atoms with Crippen LogP contribution in [0.5, 0.6) is 5.75 Å². The maximum atomic E-state index is 12.1. The zero-order chi connectivity index (χ0) is 13.9. The molecule has 0 saturated carbocycles. The summed E-state index contributed by atoms with van der Waals surface area (Å²) in [5, 5.41) is 0.295. The van der Waals surface area contributed by atoms with Crippen molar-refractivity contribution < 1.29 is 13.2 Å². The highest BCUT2D eigenvalue weighted by Crippen LogP contribution is 2.35. The minimum Gasteiger partial charge on any atom is -0.494 e. The second-order valence-corrected chi connectivity index (χ2v) is 6.77. The fourth-order valence-electron chi connectivity index (χ4n) is 1.25. The number of nitrogens with two attached hydrogens (primary N) is 1. The third kappa shape index (κ3) is 3.83. The first kappa shape index (κ1) is 15.7. The van der Waals surface area contributed by atoms with Gasteiger partial charge in [0, 0.05) is 17.6 Å². The van der Waals surface area contributed by atoms with Gasteiger partial charge >= 0.3 is 0 Å². The Balaban J connectivity index is 3.23. The van der Waals surface area contributed by atoms with Crippen LogP contribution in [0.25, 0.3) is 0 Å². The number of nitrogens with one attached hydrogen (secondary N) is 1. The van der Waals surface area contributed by atoms with Gasteiger partial charge in [-0.05, 0) is 35.0 Å². The van der Waals surface area contributed by atoms with Crippen LogP contribution >= 0.6 is 27.5 Å². The highest BCUT2D eigenvalue weighted by molar-refractivity contribution is 9.10. The van der Waals surface area contributed by atoms with Crippen LogP contribution in [0.15, 0.2) is 21.5 Å². The number of halogens is 2. The number of methoxy groups -OCH3 is 1. The number of hydrogen-bond acceptors (Lipinski definition) is 4. The van der Waals surface area contributed by atoms with E-state index < -0.39 is 10.0 Å². The fraction of sp³-hybridized carbons (Fsp3) is 0.400. The van der Waals surface area contributed by atoms with E-state index in [-0.39, 0.29) is 23.2 Å². The maximum Gasteiger partial charge on any atom is 0.244 e. The molecular formula is C10H14BrClN2O3S. The Labute approximate surface area is 120 Å². The predicted molar refractivity (Wildman–Crippen MR) is 74.5 cm³/mol. The molecule has 1 aromatic carbocycles. The van der Waals surface area contributed by atoms with Gasteiger partial charge in [-0.1, -0.05) is 11.6 Å². The topological polar surface area (TPSA) is 81.4 Å². The SMILES string of the molecule is COc1c(Br)cc(Cl)cc1S(=O)(=O)NCC(C)N. The van der Waals surface area contributed by atoms with Gasteiger partial charge in [-0.2, -0.15) is 0 Å². The fourth-order valence-corrected chi connectivity index (χ4v) is 3.78. The Morgan fingerprint density at radius 1 is 1.56 bits per heavy atom. The van der Waals surface area contributed by atoms with Gasteiger partial charge in [0.15, 0.2) is 5.75 Å². The highest BCUT2D eigenvalue weighted by Gasteiger charge is 2.22. The van der Waals surface area contributed by atoms with Gasteiger partial charge < -0.3 is 10.5 Å². The molecular weight excluding hydrogens is 344 g/mol. The zero-order valence-corrected chi connectivity index (χ0v) is 13.1. The van der Waals surface area contributed by atoms with Gasteiger partial charge in [-0.15, -0.1) is 0 Å². The molecule has 0 heterocycles. The normalized spacial score (nSPS) is 13.4. The van der Waals surface area contributed by atoms with Crippen molar-refractivity contribution in [1.29, 1.82) is 0 Å². The number of benzene rings is 1. The Morgan fingerprint density at radius 3 is 2.67 bits per heavy atom. The molecule has 0 aromatic heterocycles. The van der Waals surface area contributed by atoms with Crippen LogP contribution in [0, 0.1) is 0 Å². The van der Waals surface area contributed by atoms with Crippen molar-refractivity contribution >= 4 is 37.6 Å². The second-order valence-electron chi connectivity index (χ2n) is 3.75. The van der Waals surface area contributed by atoms with E-state index in [9.17, 15) is 8.42 Å². The summed E-state index contributed by atoms with van der Waals surface area (Å²) in [5.74, 6) is 0.205. The molecule has 0 bridgehead atoms. The van der Waals surface area contributed by atoms with E-state index >= 15 is 0 Å². The van der Waals surface area contributed by atoms with E-state index in [2.05, 4.69) is 20.7 Å². The number of ether oxygens (including phenoxy) is 1. The van der Waals surface area contributed by atoms with E-state index in [4.69, 9.17) is 22.1 Å². The molecule has 5 nitrogen and oxygen atoms in total. The van der Waals surface area contributed by atoms with Crippen molar-refractivity contribution in [2.45, 2.75) is 17.9 Å². The van der Waals surface area contributed by atoms with Crippen LogP contribution in [0.4, 0.5) is 0 Å². The van der Waals surface area contributed by atoms with E-state index in [1.165, 1.54) is 13.2 Å². The number of hydrogen-bond donors (Lipinski definition) is 2. The van der Waals surface area contributed by atoms with Crippen molar-refractivity contribution in [3.8, 4) is 5.75 Å². The Hall–Kier alpha value is -0.340. The first-order valence-corrected chi connectivity index (χ1v) is 7.71. The third-order valence-corrected chi connectivity index (χ3v) is 4.30. The molecule has 1 aromatic rings. The Morgan fingerprint density at radius 2 is 2.17 bits per heavy atom. The summed E-state index contributed by atoms with van der Waals surface area (Å²) in [6.07, 6.45) is 0. The second kappa shape index (κ2) is 6.21. The molecule has 1 atom stereocenters. The zero-order valence-electron chi connectivity index (χ0n) is 9.91. The molecule has 0 aliphatic carbocycles. The lowest BCUT2D eigenvalue weighted by Gasteiger charge is -2.13. The van der Waals surface area contributed by atoms with Gasteiger partial charge in [0.05, 0.1) is 11.6 Å². The van der Waals surface area contributed by atoms with Gasteiger partial charge in [0.1, 0.15) is 4.90 Å². The predicted octanol–water partition coefficient (Wildman–Crippen LogP) is 1.74. The highest BCUT2D eigenvalue weighted by atomic mass is 79.9. The summed E-state index contributed by atoms with van der Waals surface area (Å²) in [4.78, 5) is -0.0231. The monoisotopic (exact) mass is 356 g/mol. The van der Waals surface area contributed by atoms with Crippen molar-refractivity contribution in [1.82, 2.24) is 4.72 Å². The molecule has 8 heteroatoms. The van der Waals surface area contributed by atoms with Gasteiger partial charge in [-0.3, -0.25) is 0 Å². The molecule has 1 rings (SSSR count). The molecule has 3 N–H and O–H groups in total. The molecule has 0 amide bonds. The van der Waals surface area contributed by atoms with Crippen LogP contribution in [0.1, 0.15) is 6.92 Å². The van der Waals surface area contributed by atoms with E-state index in [0.717, 1.165) is 0 Å². The lowest BCUT2D eigenvalue weighted by Crippen LogP contribution is -2.35. The Kier molecular flexibility index (Phi) is 5.42. The standard InChI is InChI=1S/C10H14BrClN2O3S/c1-6(13)5-14-18(15,16)9-4-7(12)3-8(11)10(9)17-2/h3-4,6,14H,5,13H2,1-2H3. The van der Waals surface area contributed by atoms with E-state index in [0.29, 0.717) is 9.50 Å². The molecule has 0 saturated heterocycles. The van der Waals surface area contributed by atoms with E-state index in [1.54, 1.807) is 13.0 Å². The average Bonchev–Trinajstić information content (AvgIpc) is 2.25. The largest absolute Gasteiger partial charge is 0.494 e. The molecule has 18 heavy (non-hydrogen) atoms. The summed E-state index contributed by atoms with van der Waals surface area (Å²) in [6, 6.07) is 2.60. The molecule has 1 unspecified atom stereocenters. The van der Waals surface area contributed by atoms with Gasteiger partial charge in [0.25, 0.3) is 0 Å². The number of sulfonamides is 1. The molecule has 0 aliphatic rings. The van der Waals surface area contributed by atoms with E-state index in [1.807, 2.05) is 0 Å². The summed E-state index contributed by atoms with van der Waals surface area (Å²) in [7, 11) is -2.33. The quantitative estimate of drug-likeness (QED) is 0.841. The number of rotatable bonds is 5. The summed E-state index contributed by atoms with van der Waals surface area (Å²) in [5.41, 5.74) is 5.51. The van der Waals surface area contributed by atoms with Crippen molar-refractivity contribution in [2.24, 2.45) is 5.73 Å². The summed E-state index contributed by atoms with van der Waals surface area (Å²) < 4.78 is 32.1. The molecule has 0 radical (unpaired) electrons. The van der Waals surface area contributed by atoms with Crippen LogP contribution in [-0.4, -0.2) is 28.1 Å². The van der Waals surface area contributed by atoms with Crippen LogP contribution in [0.3, 0.4) is 0 Å². The third-order valence-electron chi connectivity index (χ3n) is 2.06. The summed E-state index contributed by atoms with van der Waals surface area (Å²) >= 11 is 9.05. The minimum absolute atomic E-state index is 0.0231. The van der Waals surface area contributed by atoms with Crippen molar-refractivity contribution in [2.75, 3.05) is 13.7 Å². The average molecular weight is 358 g/mol. The first-order valence-electron chi connectivity index (χ1n) is 5.06. The summed E-state index contributed by atoms with van der Waals surface area (Å²) in [6.45, 7) is 1.84. The molecule has 0 spiro atoms. The molecule has 0 fully saturated rings. The molecule has 0 aliphatic heterocycles. The van der Waals surface area contributed by atoms with Crippen LogP contribution in [0.2, 0.25) is 5.02 Å². The maximum absolute atomic E-state index is 12.1. The molecule has 102 valence electrons. The minimum atomic E-state index is -3.71. The lowest BCUT2D eigenvalue weighted by molar-refractivity contribution is 0.399. The van der Waals surface area contributed by atoms with Crippen LogP contribution < -0.4 is 15.2 Å². The Bertz CT molecular complexity index is 534. The smallest absolute Gasteiger partial charge is 0.244 e. The van der Waals surface area contributed by atoms with Crippen LogP contribution in [-0.2, 0) is 10.0 Å².